The maximum atomic E-state index is 13.0. The number of alkyl halides is 3. The molecule has 0 bridgehead atoms. The smallest absolute Gasteiger partial charge is 0.416 e. The van der Waals surface area contributed by atoms with Crippen LogP contribution in [-0.4, -0.2) is 45.3 Å². The lowest BCUT2D eigenvalue weighted by atomic mass is 10.1. The molecular weight excluding hydrogens is 353 g/mol. The van der Waals surface area contributed by atoms with Crippen LogP contribution in [0.2, 0.25) is 0 Å². The third-order valence-corrected chi connectivity index (χ3v) is 3.92. The molecule has 9 heteroatoms. The summed E-state index contributed by atoms with van der Waals surface area (Å²) < 4.78 is 48.3. The van der Waals surface area contributed by atoms with E-state index in [9.17, 15) is 22.8 Å². The predicted octanol–water partition coefficient (Wildman–Crippen LogP) is 2.82. The average Bonchev–Trinajstić information content (AvgIpc) is 2.60. The Kier molecular flexibility index (Phi) is 6.84. The van der Waals surface area contributed by atoms with Gasteiger partial charge in [-0.15, -0.1) is 0 Å². The Balaban J connectivity index is 2.16. The summed E-state index contributed by atoms with van der Waals surface area (Å²) in [5, 5.41) is 2.42. The molecule has 1 aromatic carbocycles. The van der Waals surface area contributed by atoms with Crippen molar-refractivity contribution in [1.82, 2.24) is 0 Å². The summed E-state index contributed by atoms with van der Waals surface area (Å²) in [6.45, 7) is 0.502. The second-order valence-electron chi connectivity index (χ2n) is 5.92. The van der Waals surface area contributed by atoms with Crippen molar-refractivity contribution in [3.8, 4) is 0 Å². The van der Waals surface area contributed by atoms with Gasteiger partial charge in [-0.2, -0.15) is 13.2 Å². The van der Waals surface area contributed by atoms with Gasteiger partial charge in [-0.3, -0.25) is 4.79 Å². The van der Waals surface area contributed by atoms with E-state index in [1.54, 1.807) is 0 Å². The molecule has 0 aliphatic carbocycles. The molecule has 1 aliphatic heterocycles. The second kappa shape index (κ2) is 8.88. The number of nitrogens with one attached hydrogen (secondary N) is 1. The van der Waals surface area contributed by atoms with Gasteiger partial charge < -0.3 is 19.7 Å². The Bertz CT molecular complexity index is 643. The molecule has 1 heterocycles. The number of carbonyl (C=O) groups is 2. The van der Waals surface area contributed by atoms with Gasteiger partial charge in [-0.05, 0) is 37.5 Å². The highest BCUT2D eigenvalue weighted by Crippen LogP contribution is 2.36. The molecule has 1 aromatic rings. The summed E-state index contributed by atoms with van der Waals surface area (Å²) in [4.78, 5) is 25.1. The molecule has 1 N–H and O–H groups in total. The summed E-state index contributed by atoms with van der Waals surface area (Å²) in [7, 11) is 1.30. The molecule has 6 nitrogen and oxygen atoms in total. The van der Waals surface area contributed by atoms with Crippen LogP contribution < -0.4 is 10.2 Å². The average molecular weight is 374 g/mol. The minimum atomic E-state index is -4.52. The highest BCUT2D eigenvalue weighted by atomic mass is 19.4. The van der Waals surface area contributed by atoms with Crippen molar-refractivity contribution >= 4 is 23.3 Å². The number of halogens is 3. The molecule has 144 valence electrons. The zero-order valence-electron chi connectivity index (χ0n) is 14.4. The first-order valence-electron chi connectivity index (χ1n) is 8.22. The van der Waals surface area contributed by atoms with E-state index < -0.39 is 30.2 Å². The first kappa shape index (κ1) is 20.0. The number of esters is 1. The predicted molar refractivity (Wildman–Crippen MR) is 89.0 cm³/mol. The lowest BCUT2D eigenvalue weighted by Gasteiger charge is -2.31. The molecule has 1 aliphatic rings. The molecule has 0 radical (unpaired) electrons. The van der Waals surface area contributed by atoms with Gasteiger partial charge in [0.2, 0.25) is 0 Å². The third kappa shape index (κ3) is 5.62. The number of ether oxygens (including phenoxy) is 2. The Morgan fingerprint density at radius 2 is 1.85 bits per heavy atom. The van der Waals surface area contributed by atoms with Crippen LogP contribution in [0.3, 0.4) is 0 Å². The van der Waals surface area contributed by atoms with Gasteiger partial charge in [0.25, 0.3) is 5.91 Å². The summed E-state index contributed by atoms with van der Waals surface area (Å²) in [5.41, 5.74) is -0.284. The first-order chi connectivity index (χ1) is 12.3. The minimum Gasteiger partial charge on any atom is -0.454 e. The molecule has 1 fully saturated rings. The molecule has 1 saturated heterocycles. The monoisotopic (exact) mass is 374 g/mol. The highest BCUT2D eigenvalue weighted by molar-refractivity contribution is 5.96. The fourth-order valence-electron chi connectivity index (χ4n) is 2.71. The molecule has 26 heavy (non-hydrogen) atoms. The van der Waals surface area contributed by atoms with Gasteiger partial charge in [0, 0.05) is 20.2 Å². The van der Waals surface area contributed by atoms with E-state index in [0.29, 0.717) is 18.8 Å². The normalized spacial score (nSPS) is 14.8. The van der Waals surface area contributed by atoms with E-state index in [2.05, 4.69) is 14.8 Å². The molecular formula is C17H21F3N2O4. The van der Waals surface area contributed by atoms with E-state index in [1.165, 1.54) is 13.2 Å². The van der Waals surface area contributed by atoms with Gasteiger partial charge in [-0.1, -0.05) is 0 Å². The van der Waals surface area contributed by atoms with Gasteiger partial charge in [0.1, 0.15) is 6.61 Å². The molecule has 1 amide bonds. The van der Waals surface area contributed by atoms with Gasteiger partial charge >= 0.3 is 12.1 Å². The van der Waals surface area contributed by atoms with Crippen molar-refractivity contribution in [2.75, 3.05) is 43.6 Å². The Morgan fingerprint density at radius 1 is 1.15 bits per heavy atom. The van der Waals surface area contributed by atoms with Gasteiger partial charge in [0.15, 0.2) is 6.61 Å². The van der Waals surface area contributed by atoms with Crippen molar-refractivity contribution in [3.05, 3.63) is 23.8 Å². The molecule has 0 aromatic heterocycles. The number of benzene rings is 1. The van der Waals surface area contributed by atoms with Crippen molar-refractivity contribution < 1.29 is 32.2 Å². The lowest BCUT2D eigenvalue weighted by Crippen LogP contribution is -2.31. The van der Waals surface area contributed by atoms with Crippen molar-refractivity contribution in [1.29, 1.82) is 0 Å². The summed E-state index contributed by atoms with van der Waals surface area (Å²) in [5.74, 6) is -1.45. The number of piperidine rings is 1. The number of methoxy groups -OCH3 is 1. The van der Waals surface area contributed by atoms with Crippen LogP contribution in [-0.2, 0) is 25.2 Å². The number of rotatable bonds is 6. The first-order valence-corrected chi connectivity index (χ1v) is 8.22. The van der Waals surface area contributed by atoms with Crippen molar-refractivity contribution in [2.24, 2.45) is 0 Å². The van der Waals surface area contributed by atoms with E-state index in [1.807, 2.05) is 4.90 Å². The Hall–Kier alpha value is -2.29. The molecule has 0 unspecified atom stereocenters. The van der Waals surface area contributed by atoms with E-state index in [4.69, 9.17) is 0 Å². The molecule has 0 saturated carbocycles. The van der Waals surface area contributed by atoms with Crippen molar-refractivity contribution in [3.63, 3.8) is 0 Å². The van der Waals surface area contributed by atoms with Gasteiger partial charge in [-0.25, -0.2) is 4.79 Å². The summed E-state index contributed by atoms with van der Waals surface area (Å²) in [6, 6.07) is 3.26. The fraction of sp³-hybridized carbons (Fsp3) is 0.529. The topological polar surface area (TPSA) is 67.9 Å². The van der Waals surface area contributed by atoms with Crippen LogP contribution in [0, 0.1) is 0 Å². The van der Waals surface area contributed by atoms with Gasteiger partial charge in [0.05, 0.1) is 16.9 Å². The zero-order valence-corrected chi connectivity index (χ0v) is 14.4. The van der Waals surface area contributed by atoms with Crippen LogP contribution in [0.1, 0.15) is 24.8 Å². The van der Waals surface area contributed by atoms with E-state index in [0.717, 1.165) is 31.4 Å². The zero-order chi connectivity index (χ0) is 19.2. The SMILES string of the molecule is COCC(=O)OCC(=O)Nc1cc(C(F)(F)F)ccc1N1CCCCC1. The van der Waals surface area contributed by atoms with E-state index >= 15 is 0 Å². The largest absolute Gasteiger partial charge is 0.454 e. The maximum Gasteiger partial charge on any atom is 0.416 e. The van der Waals surface area contributed by atoms with Crippen molar-refractivity contribution in [2.45, 2.75) is 25.4 Å². The number of hydrogen-bond donors (Lipinski definition) is 1. The number of carbonyl (C=O) groups excluding carboxylic acids is 2. The minimum absolute atomic E-state index is 0.0505. The highest BCUT2D eigenvalue weighted by Gasteiger charge is 2.32. The third-order valence-electron chi connectivity index (χ3n) is 3.92. The molecule has 0 spiro atoms. The Morgan fingerprint density at radius 3 is 2.46 bits per heavy atom. The summed E-state index contributed by atoms with van der Waals surface area (Å²) in [6.07, 6.45) is -1.59. The Labute approximate surface area is 149 Å². The quantitative estimate of drug-likeness (QED) is 0.776. The fourth-order valence-corrected chi connectivity index (χ4v) is 2.71. The van der Waals surface area contributed by atoms with Crippen LogP contribution in [0.5, 0.6) is 0 Å². The van der Waals surface area contributed by atoms with Crippen LogP contribution in [0.25, 0.3) is 0 Å². The van der Waals surface area contributed by atoms with E-state index in [-0.39, 0.29) is 12.3 Å². The lowest BCUT2D eigenvalue weighted by molar-refractivity contribution is -0.150. The number of hydrogen-bond acceptors (Lipinski definition) is 5. The molecule has 0 atom stereocenters. The number of amides is 1. The summed E-state index contributed by atoms with van der Waals surface area (Å²) >= 11 is 0. The second-order valence-corrected chi connectivity index (χ2v) is 5.92. The maximum absolute atomic E-state index is 13.0. The number of nitrogens with zero attached hydrogens (tertiary/aromatic N) is 1. The van der Waals surface area contributed by atoms with Crippen LogP contribution in [0.15, 0.2) is 18.2 Å². The van der Waals surface area contributed by atoms with Crippen LogP contribution >= 0.6 is 0 Å². The van der Waals surface area contributed by atoms with Crippen LogP contribution in [0.4, 0.5) is 24.5 Å². The standard InChI is InChI=1S/C17H21F3N2O4/c1-25-11-16(24)26-10-15(23)21-13-9-12(17(18,19)20)5-6-14(13)22-7-3-2-4-8-22/h5-6,9H,2-4,7-8,10-11H2,1H3,(H,21,23). The molecule has 2 rings (SSSR count). The number of anilines is 2.